The Morgan fingerprint density at radius 2 is 1.67 bits per heavy atom. The Labute approximate surface area is 171 Å². The summed E-state index contributed by atoms with van der Waals surface area (Å²) in [6, 6.07) is 9.34. The quantitative estimate of drug-likeness (QED) is 0.633. The lowest BCUT2D eigenvalue weighted by Crippen LogP contribution is -2.42. The van der Waals surface area contributed by atoms with E-state index >= 15 is 0 Å². The second-order valence-corrected chi connectivity index (χ2v) is 8.21. The molecule has 0 radical (unpaired) electrons. The molecule has 2 aromatic carbocycles. The highest BCUT2D eigenvalue weighted by Crippen LogP contribution is 2.44. The Bertz CT molecular complexity index is 834. The topological polar surface area (TPSA) is 38.3 Å². The molecule has 0 unspecified atom stereocenters. The molecule has 3 rings (SSSR count). The molecule has 0 aromatic heterocycles. The maximum atomic E-state index is 13.5. The van der Waals surface area contributed by atoms with Crippen LogP contribution in [0.15, 0.2) is 30.3 Å². The van der Waals surface area contributed by atoms with Gasteiger partial charge in [0, 0.05) is 15.7 Å². The van der Waals surface area contributed by atoms with E-state index in [-0.39, 0.29) is 5.91 Å². The van der Waals surface area contributed by atoms with Crippen molar-refractivity contribution in [3.63, 3.8) is 0 Å². The van der Waals surface area contributed by atoms with Gasteiger partial charge < -0.3 is 10.1 Å². The van der Waals surface area contributed by atoms with E-state index in [9.17, 15) is 4.79 Å². The highest BCUT2D eigenvalue weighted by atomic mass is 35.5. The van der Waals surface area contributed by atoms with E-state index in [2.05, 4.69) is 5.32 Å². The van der Waals surface area contributed by atoms with E-state index in [4.69, 9.17) is 27.9 Å². The van der Waals surface area contributed by atoms with Crippen LogP contribution in [0.4, 0.5) is 5.69 Å². The van der Waals surface area contributed by atoms with Gasteiger partial charge in [-0.25, -0.2) is 0 Å². The molecule has 2 aromatic rings. The molecule has 1 fully saturated rings. The lowest BCUT2D eigenvalue weighted by molar-refractivity contribution is -0.122. The van der Waals surface area contributed by atoms with E-state index in [0.29, 0.717) is 10.0 Å². The molecule has 1 amide bonds. The predicted molar refractivity (Wildman–Crippen MR) is 112 cm³/mol. The zero-order valence-corrected chi connectivity index (χ0v) is 17.5. The molecule has 0 aliphatic heterocycles. The minimum atomic E-state index is -0.623. The number of rotatable bonds is 4. The van der Waals surface area contributed by atoms with Gasteiger partial charge in [0.1, 0.15) is 5.75 Å². The zero-order chi connectivity index (χ0) is 19.6. The van der Waals surface area contributed by atoms with Crippen molar-refractivity contribution < 1.29 is 9.53 Å². The number of benzene rings is 2. The van der Waals surface area contributed by atoms with Crippen molar-refractivity contribution in [2.24, 2.45) is 0 Å². The Kier molecular flexibility index (Phi) is 6.02. The molecule has 27 heavy (non-hydrogen) atoms. The summed E-state index contributed by atoms with van der Waals surface area (Å²) in [6.07, 6.45) is 4.73. The van der Waals surface area contributed by atoms with Crippen LogP contribution in [0, 0.1) is 13.8 Å². The third-order valence-corrected chi connectivity index (χ3v) is 6.06. The van der Waals surface area contributed by atoms with Crippen LogP contribution in [0.1, 0.15) is 48.8 Å². The SMILES string of the molecule is COc1c(C)cc(NC(=O)C2(c3ccc(Cl)cc3Cl)CCCCC2)cc1C. The van der Waals surface area contributed by atoms with Crippen molar-refractivity contribution in [2.45, 2.75) is 51.4 Å². The average molecular weight is 406 g/mol. The molecule has 1 saturated carbocycles. The van der Waals surface area contributed by atoms with Crippen LogP contribution in [0.3, 0.4) is 0 Å². The fraction of sp³-hybridized carbons (Fsp3) is 0.409. The predicted octanol–water partition coefficient (Wildman–Crippen LogP) is 6.46. The molecule has 5 heteroatoms. The molecule has 3 nitrogen and oxygen atoms in total. The van der Waals surface area contributed by atoms with Gasteiger partial charge in [-0.1, -0.05) is 48.5 Å². The number of halogens is 2. The number of carbonyl (C=O) groups is 1. The number of nitrogens with one attached hydrogen (secondary N) is 1. The van der Waals surface area contributed by atoms with Crippen LogP contribution in [-0.4, -0.2) is 13.0 Å². The van der Waals surface area contributed by atoms with E-state index in [1.54, 1.807) is 13.2 Å². The Hall–Kier alpha value is -1.71. The summed E-state index contributed by atoms with van der Waals surface area (Å²) in [5.41, 5.74) is 3.02. The normalized spacial score (nSPS) is 16.0. The van der Waals surface area contributed by atoms with Crippen molar-refractivity contribution >= 4 is 34.8 Å². The minimum Gasteiger partial charge on any atom is -0.496 e. The first-order valence-corrected chi connectivity index (χ1v) is 10.1. The van der Waals surface area contributed by atoms with Gasteiger partial charge in [-0.05, 0) is 67.6 Å². The van der Waals surface area contributed by atoms with Crippen molar-refractivity contribution in [2.75, 3.05) is 12.4 Å². The smallest absolute Gasteiger partial charge is 0.235 e. The van der Waals surface area contributed by atoms with Crippen LogP contribution < -0.4 is 10.1 Å². The summed E-state index contributed by atoms with van der Waals surface area (Å²) in [4.78, 5) is 13.5. The summed E-state index contributed by atoms with van der Waals surface area (Å²) in [7, 11) is 1.66. The van der Waals surface area contributed by atoms with Gasteiger partial charge in [0.15, 0.2) is 0 Å². The fourth-order valence-corrected chi connectivity index (χ4v) is 4.84. The molecule has 0 saturated heterocycles. The Morgan fingerprint density at radius 1 is 1.04 bits per heavy atom. The molecule has 1 N–H and O–H groups in total. The van der Waals surface area contributed by atoms with Crippen LogP contribution in [-0.2, 0) is 10.2 Å². The lowest BCUT2D eigenvalue weighted by Gasteiger charge is -2.37. The van der Waals surface area contributed by atoms with Gasteiger partial charge in [-0.15, -0.1) is 0 Å². The van der Waals surface area contributed by atoms with Crippen molar-refractivity contribution in [3.05, 3.63) is 57.1 Å². The van der Waals surface area contributed by atoms with E-state index in [1.807, 2.05) is 38.1 Å². The summed E-state index contributed by atoms with van der Waals surface area (Å²) in [5.74, 6) is 0.844. The maximum Gasteiger partial charge on any atom is 0.235 e. The third-order valence-electron chi connectivity index (χ3n) is 5.51. The lowest BCUT2D eigenvalue weighted by atomic mass is 9.68. The molecule has 1 aliphatic carbocycles. The zero-order valence-electron chi connectivity index (χ0n) is 16.0. The van der Waals surface area contributed by atoms with Crippen LogP contribution in [0.5, 0.6) is 5.75 Å². The van der Waals surface area contributed by atoms with Crippen molar-refractivity contribution in [1.29, 1.82) is 0 Å². The summed E-state index contributed by atoms with van der Waals surface area (Å²) >= 11 is 12.6. The van der Waals surface area contributed by atoms with E-state index in [0.717, 1.165) is 60.2 Å². The molecule has 144 valence electrons. The molecule has 0 bridgehead atoms. The largest absolute Gasteiger partial charge is 0.496 e. The van der Waals surface area contributed by atoms with Crippen LogP contribution in [0.2, 0.25) is 10.0 Å². The fourth-order valence-electron chi connectivity index (χ4n) is 4.25. The first-order chi connectivity index (χ1) is 12.9. The van der Waals surface area contributed by atoms with Gasteiger partial charge >= 0.3 is 0 Å². The molecule has 0 atom stereocenters. The highest BCUT2D eigenvalue weighted by Gasteiger charge is 2.42. The number of methoxy groups -OCH3 is 1. The summed E-state index contributed by atoms with van der Waals surface area (Å²) in [6.45, 7) is 3.96. The van der Waals surface area contributed by atoms with E-state index in [1.165, 1.54) is 0 Å². The average Bonchev–Trinajstić information content (AvgIpc) is 2.62. The number of aryl methyl sites for hydroxylation is 2. The van der Waals surface area contributed by atoms with Crippen molar-refractivity contribution in [3.8, 4) is 5.75 Å². The highest BCUT2D eigenvalue weighted by molar-refractivity contribution is 6.35. The number of ether oxygens (including phenoxy) is 1. The number of hydrogen-bond acceptors (Lipinski definition) is 2. The van der Waals surface area contributed by atoms with Gasteiger partial charge in [-0.3, -0.25) is 4.79 Å². The molecule has 0 heterocycles. The Morgan fingerprint density at radius 3 is 2.22 bits per heavy atom. The van der Waals surface area contributed by atoms with E-state index < -0.39 is 5.41 Å². The molecule has 0 spiro atoms. The second-order valence-electron chi connectivity index (χ2n) is 7.36. The third kappa shape index (κ3) is 3.95. The van der Waals surface area contributed by atoms with Gasteiger partial charge in [0.25, 0.3) is 0 Å². The minimum absolute atomic E-state index is 0.00427. The van der Waals surface area contributed by atoms with Gasteiger partial charge in [0.2, 0.25) is 5.91 Å². The van der Waals surface area contributed by atoms with Crippen molar-refractivity contribution in [1.82, 2.24) is 0 Å². The maximum absolute atomic E-state index is 13.5. The first kappa shape index (κ1) is 20.0. The monoisotopic (exact) mass is 405 g/mol. The molecular formula is C22H25Cl2NO2. The standard InChI is InChI=1S/C22H25Cl2NO2/c1-14-11-17(12-15(2)20(14)27-3)25-21(26)22(9-5-4-6-10-22)18-8-7-16(23)13-19(18)24/h7-8,11-13H,4-6,9-10H2,1-3H3,(H,25,26). The number of anilines is 1. The van der Waals surface area contributed by atoms with Crippen LogP contribution in [0.25, 0.3) is 0 Å². The number of hydrogen-bond donors (Lipinski definition) is 1. The number of amides is 1. The molecule has 1 aliphatic rings. The number of carbonyl (C=O) groups excluding carboxylic acids is 1. The van der Waals surface area contributed by atoms with Gasteiger partial charge in [0.05, 0.1) is 12.5 Å². The van der Waals surface area contributed by atoms with Gasteiger partial charge in [-0.2, -0.15) is 0 Å². The molecular weight excluding hydrogens is 381 g/mol. The summed E-state index contributed by atoms with van der Waals surface area (Å²) in [5, 5.41) is 4.28. The Balaban J connectivity index is 1.97. The first-order valence-electron chi connectivity index (χ1n) is 9.29. The second kappa shape index (κ2) is 8.12. The summed E-state index contributed by atoms with van der Waals surface area (Å²) < 4.78 is 5.43. The van der Waals surface area contributed by atoms with Crippen LogP contribution >= 0.6 is 23.2 Å².